The Hall–Kier alpha value is -6.44. The molecule has 8 rings (SSSR count). The summed E-state index contributed by atoms with van der Waals surface area (Å²) in [4.78, 5) is 2.36. The molecule has 49 heavy (non-hydrogen) atoms. The van der Waals surface area contributed by atoms with Gasteiger partial charge in [-0.3, -0.25) is 0 Å². The lowest BCUT2D eigenvalue weighted by Crippen LogP contribution is -2.10. The molecule has 0 saturated heterocycles. The van der Waals surface area contributed by atoms with Gasteiger partial charge >= 0.3 is 0 Å². The van der Waals surface area contributed by atoms with Gasteiger partial charge in [-0.2, -0.15) is 0 Å². The highest BCUT2D eigenvalue weighted by Gasteiger charge is 2.17. The Balaban J connectivity index is 1.26. The van der Waals surface area contributed by atoms with Crippen molar-refractivity contribution in [3.8, 4) is 55.6 Å². The summed E-state index contributed by atoms with van der Waals surface area (Å²) in [6.07, 6.45) is 0. The topological polar surface area (TPSA) is 3.24 Å². The van der Waals surface area contributed by atoms with Gasteiger partial charge in [0.15, 0.2) is 0 Å². The minimum atomic E-state index is 1.10. The predicted molar refractivity (Wildman–Crippen MR) is 208 cm³/mol. The molecule has 0 fully saturated rings. The molecule has 0 aromatic heterocycles. The van der Waals surface area contributed by atoms with Crippen LogP contribution in [0.2, 0.25) is 0 Å². The zero-order chi connectivity index (χ0) is 32.8. The van der Waals surface area contributed by atoms with E-state index >= 15 is 0 Å². The van der Waals surface area contributed by atoms with Crippen molar-refractivity contribution < 1.29 is 0 Å². The fourth-order valence-electron chi connectivity index (χ4n) is 6.71. The predicted octanol–water partition coefficient (Wildman–Crippen LogP) is 13.5. The molecular weight excluding hydrogens is 591 g/mol. The molecule has 0 aliphatic heterocycles. The first-order valence-electron chi connectivity index (χ1n) is 16.8. The minimum absolute atomic E-state index is 1.10. The van der Waals surface area contributed by atoms with E-state index < -0.39 is 0 Å². The first-order valence-corrected chi connectivity index (χ1v) is 16.8. The van der Waals surface area contributed by atoms with Gasteiger partial charge in [0.25, 0.3) is 0 Å². The first kappa shape index (κ1) is 29.9. The summed E-state index contributed by atoms with van der Waals surface area (Å²) in [5, 5.41) is 0. The van der Waals surface area contributed by atoms with E-state index in [2.05, 4.69) is 217 Å². The van der Waals surface area contributed by atoms with E-state index in [1.54, 1.807) is 0 Å². The van der Waals surface area contributed by atoms with E-state index in [0.29, 0.717) is 0 Å². The molecule has 0 aliphatic rings. The lowest BCUT2D eigenvalue weighted by molar-refractivity contribution is 1.28. The maximum absolute atomic E-state index is 2.36. The highest BCUT2D eigenvalue weighted by Crippen LogP contribution is 2.42. The zero-order valence-corrected chi connectivity index (χ0v) is 27.2. The van der Waals surface area contributed by atoms with E-state index in [4.69, 9.17) is 0 Å². The van der Waals surface area contributed by atoms with Crippen molar-refractivity contribution in [2.24, 2.45) is 0 Å². The van der Waals surface area contributed by atoms with E-state index in [1.165, 1.54) is 55.6 Å². The molecule has 1 nitrogen and oxygen atoms in total. The molecule has 1 heteroatoms. The van der Waals surface area contributed by atoms with E-state index in [-0.39, 0.29) is 0 Å². The standard InChI is InChI=1S/C48H35N/c1-5-16-36(17-6-1)41-24-13-26-44(34-41)49(45-27-14-25-42(35-45)37-18-7-2-8-19-37)43-32-30-39(31-33-43)47-29-15-28-46(38-20-9-3-10-21-38)48(47)40-22-11-4-12-23-40/h1-35H. The smallest absolute Gasteiger partial charge is 0.0467 e. The van der Waals surface area contributed by atoms with Crippen LogP contribution in [-0.2, 0) is 0 Å². The normalized spacial score (nSPS) is 10.9. The first-order chi connectivity index (χ1) is 24.3. The van der Waals surface area contributed by atoms with Gasteiger partial charge in [0.1, 0.15) is 0 Å². The fraction of sp³-hybridized carbons (Fsp3) is 0. The largest absolute Gasteiger partial charge is 0.310 e. The second-order valence-corrected chi connectivity index (χ2v) is 12.2. The zero-order valence-electron chi connectivity index (χ0n) is 27.2. The van der Waals surface area contributed by atoms with Crippen LogP contribution in [-0.4, -0.2) is 0 Å². The van der Waals surface area contributed by atoms with Crippen molar-refractivity contribution >= 4 is 17.1 Å². The van der Waals surface area contributed by atoms with Gasteiger partial charge in [0.2, 0.25) is 0 Å². The summed E-state index contributed by atoms with van der Waals surface area (Å²) >= 11 is 0. The number of benzene rings is 8. The average Bonchev–Trinajstić information content (AvgIpc) is 3.20. The van der Waals surface area contributed by atoms with Gasteiger partial charge in [0.05, 0.1) is 0 Å². The van der Waals surface area contributed by atoms with Gasteiger partial charge < -0.3 is 4.90 Å². The summed E-state index contributed by atoms with van der Waals surface area (Å²) in [7, 11) is 0. The molecule has 0 aliphatic carbocycles. The molecule has 0 bridgehead atoms. The summed E-state index contributed by atoms with van der Waals surface area (Å²) in [6.45, 7) is 0. The van der Waals surface area contributed by atoms with Gasteiger partial charge in [-0.1, -0.05) is 176 Å². The molecule has 0 amide bonds. The molecule has 0 saturated carbocycles. The Morgan fingerprint density at radius 1 is 0.224 bits per heavy atom. The van der Waals surface area contributed by atoms with Crippen molar-refractivity contribution in [2.75, 3.05) is 4.90 Å². The number of hydrogen-bond acceptors (Lipinski definition) is 1. The number of hydrogen-bond donors (Lipinski definition) is 0. The third-order valence-corrected chi connectivity index (χ3v) is 9.07. The maximum Gasteiger partial charge on any atom is 0.0467 e. The van der Waals surface area contributed by atoms with Gasteiger partial charge in [-0.05, 0) is 92.0 Å². The molecule has 0 atom stereocenters. The van der Waals surface area contributed by atoms with Crippen LogP contribution in [0.25, 0.3) is 55.6 Å². The van der Waals surface area contributed by atoms with Gasteiger partial charge in [0, 0.05) is 17.1 Å². The second kappa shape index (κ2) is 13.7. The SMILES string of the molecule is c1ccc(-c2cccc(N(c3ccc(-c4cccc(-c5ccccc5)c4-c4ccccc4)cc3)c3cccc(-c4ccccc4)c3)c2)cc1. The Labute approximate surface area is 289 Å². The summed E-state index contributed by atoms with van der Waals surface area (Å²) in [6, 6.07) is 76.0. The number of nitrogens with zero attached hydrogens (tertiary/aromatic N) is 1. The van der Waals surface area contributed by atoms with Crippen molar-refractivity contribution in [3.63, 3.8) is 0 Å². The van der Waals surface area contributed by atoms with Crippen LogP contribution in [0.3, 0.4) is 0 Å². The molecule has 0 radical (unpaired) electrons. The monoisotopic (exact) mass is 625 g/mol. The fourth-order valence-corrected chi connectivity index (χ4v) is 6.71. The van der Waals surface area contributed by atoms with Crippen LogP contribution in [0.15, 0.2) is 212 Å². The Kier molecular flexibility index (Phi) is 8.39. The molecule has 8 aromatic carbocycles. The molecule has 0 heterocycles. The Morgan fingerprint density at radius 2 is 0.592 bits per heavy atom. The lowest BCUT2D eigenvalue weighted by Gasteiger charge is -2.27. The van der Waals surface area contributed by atoms with Crippen LogP contribution < -0.4 is 4.90 Å². The van der Waals surface area contributed by atoms with Crippen molar-refractivity contribution in [3.05, 3.63) is 212 Å². The number of anilines is 3. The molecular formula is C48H35N. The van der Waals surface area contributed by atoms with Crippen molar-refractivity contribution in [2.45, 2.75) is 0 Å². The number of rotatable bonds is 8. The van der Waals surface area contributed by atoms with Crippen LogP contribution >= 0.6 is 0 Å². The van der Waals surface area contributed by atoms with Gasteiger partial charge in [-0.15, -0.1) is 0 Å². The second-order valence-electron chi connectivity index (χ2n) is 12.2. The van der Waals surface area contributed by atoms with Gasteiger partial charge in [-0.25, -0.2) is 0 Å². The van der Waals surface area contributed by atoms with Crippen LogP contribution in [0.1, 0.15) is 0 Å². The van der Waals surface area contributed by atoms with Crippen LogP contribution in [0.5, 0.6) is 0 Å². The third kappa shape index (κ3) is 6.31. The highest BCUT2D eigenvalue weighted by molar-refractivity contribution is 5.95. The van der Waals surface area contributed by atoms with Crippen LogP contribution in [0.4, 0.5) is 17.1 Å². The molecule has 0 unspecified atom stereocenters. The summed E-state index contributed by atoms with van der Waals surface area (Å²) in [5.74, 6) is 0. The molecule has 8 aromatic rings. The lowest BCUT2D eigenvalue weighted by atomic mass is 9.87. The van der Waals surface area contributed by atoms with E-state index in [0.717, 1.165) is 17.1 Å². The highest BCUT2D eigenvalue weighted by atomic mass is 15.1. The van der Waals surface area contributed by atoms with E-state index in [1.807, 2.05) is 0 Å². The Morgan fingerprint density at radius 3 is 1.06 bits per heavy atom. The maximum atomic E-state index is 2.36. The quantitative estimate of drug-likeness (QED) is 0.162. The molecule has 0 spiro atoms. The van der Waals surface area contributed by atoms with Crippen LogP contribution in [0, 0.1) is 0 Å². The minimum Gasteiger partial charge on any atom is -0.310 e. The Bertz CT molecular complexity index is 2210. The van der Waals surface area contributed by atoms with E-state index in [9.17, 15) is 0 Å². The summed E-state index contributed by atoms with van der Waals surface area (Å²) in [5.41, 5.74) is 15.3. The van der Waals surface area contributed by atoms with Crippen molar-refractivity contribution in [1.29, 1.82) is 0 Å². The average molecular weight is 626 g/mol. The molecule has 0 N–H and O–H groups in total. The third-order valence-electron chi connectivity index (χ3n) is 9.07. The molecule has 232 valence electrons. The summed E-state index contributed by atoms with van der Waals surface area (Å²) < 4.78 is 0. The van der Waals surface area contributed by atoms with Crippen molar-refractivity contribution in [1.82, 2.24) is 0 Å².